The maximum absolute atomic E-state index is 13.7. The molecule has 56 heavy (non-hydrogen) atoms. The van der Waals surface area contributed by atoms with Crippen molar-refractivity contribution in [1.82, 2.24) is 43.6 Å². The monoisotopic (exact) mass is 766 g/mol. The number of aliphatic hydroxyl groups excluding tert-OH is 1. The number of carbonyl (C=O) groups excluding carboxylic acids is 4. The molecule has 20 heteroatoms. The number of imidazole rings is 2. The molecule has 5 aromatic heterocycles. The van der Waals surface area contributed by atoms with Crippen LogP contribution in [0.15, 0.2) is 42.6 Å². The van der Waals surface area contributed by atoms with Crippen molar-refractivity contribution in [1.29, 1.82) is 0 Å². The van der Waals surface area contributed by atoms with E-state index in [1.54, 1.807) is 45.9 Å². The number of nitrogens with one attached hydrogen (secondary N) is 2. The number of benzene rings is 1. The number of hydrogen-bond acceptors (Lipinski definition) is 12. The van der Waals surface area contributed by atoms with Crippen molar-refractivity contribution >= 4 is 63.4 Å². The molecular weight excluding hydrogens is 724 g/mol. The number of fused-ring (bicyclic) bond motifs is 2. The molecule has 5 heterocycles. The number of aliphatic hydroxyl groups is 1. The number of rotatable bonds is 16. The van der Waals surface area contributed by atoms with E-state index in [9.17, 15) is 24.3 Å². The first kappa shape index (κ1) is 38.6. The second kappa shape index (κ2) is 16.1. The fourth-order valence-corrected chi connectivity index (χ4v) is 6.14. The minimum Gasteiger partial charge on any atom is -0.491 e. The van der Waals surface area contributed by atoms with Gasteiger partial charge < -0.3 is 31.6 Å². The van der Waals surface area contributed by atoms with Crippen molar-refractivity contribution in [2.24, 2.45) is 11.5 Å². The van der Waals surface area contributed by atoms with Gasteiger partial charge in [0.1, 0.15) is 28.2 Å². The standard InChI is InChI=1S/C36H42N14O6/c1-5-49-25(14-19(3)45-49)33(54)43-36-42-24-16-22(31(39)53)18-40-32(24)48(36)11-8-7-10-47-28-23(15-21(30(38)52)17-26(28)56-13-9-12-51)41-35(47)44-34(55)29-27(37)20(4)46-50(29)6-2/h7-8,14-18,51H,5-6,9-13,37H2,1-4H3,(H2,38,52)(H2,39,53)(H,41,44,55)(H,42,43,54)/b8-7+. The zero-order chi connectivity index (χ0) is 40.3. The molecule has 0 fully saturated rings. The number of nitrogens with two attached hydrogens (primary N) is 3. The number of aromatic nitrogens is 9. The second-order valence-electron chi connectivity index (χ2n) is 12.7. The van der Waals surface area contributed by atoms with Gasteiger partial charge in [-0.1, -0.05) is 12.2 Å². The number of nitrogen functional groups attached to an aromatic ring is 1. The summed E-state index contributed by atoms with van der Waals surface area (Å²) in [4.78, 5) is 65.1. The number of pyridine rings is 1. The molecule has 6 aromatic rings. The van der Waals surface area contributed by atoms with Crippen LogP contribution in [0.5, 0.6) is 5.75 Å². The van der Waals surface area contributed by atoms with Gasteiger partial charge in [0.25, 0.3) is 11.8 Å². The maximum Gasteiger partial charge on any atom is 0.278 e. The van der Waals surface area contributed by atoms with Gasteiger partial charge in [-0.05, 0) is 52.0 Å². The van der Waals surface area contributed by atoms with Crippen LogP contribution in [0.4, 0.5) is 17.6 Å². The Bertz CT molecular complexity index is 2520. The van der Waals surface area contributed by atoms with E-state index < -0.39 is 23.6 Å². The summed E-state index contributed by atoms with van der Waals surface area (Å²) in [6.45, 7) is 8.30. The van der Waals surface area contributed by atoms with Crippen LogP contribution in [-0.4, -0.2) is 85.6 Å². The zero-order valence-electron chi connectivity index (χ0n) is 31.2. The lowest BCUT2D eigenvalue weighted by Gasteiger charge is -2.13. The Balaban J connectivity index is 1.39. The molecule has 9 N–H and O–H groups in total. The number of carbonyl (C=O) groups is 4. The number of ether oxygens (including phenoxy) is 1. The molecule has 1 aromatic carbocycles. The highest BCUT2D eigenvalue weighted by Gasteiger charge is 2.24. The van der Waals surface area contributed by atoms with Gasteiger partial charge in [0, 0.05) is 51.0 Å². The van der Waals surface area contributed by atoms with E-state index >= 15 is 0 Å². The minimum absolute atomic E-state index is 0.105. The molecule has 0 unspecified atom stereocenters. The van der Waals surface area contributed by atoms with Crippen LogP contribution < -0.4 is 32.6 Å². The molecule has 0 atom stereocenters. The fraction of sp³-hybridized carbons (Fsp3) is 0.306. The summed E-state index contributed by atoms with van der Waals surface area (Å²) < 4.78 is 12.4. The average Bonchev–Trinajstić information content (AvgIpc) is 3.90. The van der Waals surface area contributed by atoms with Crippen molar-refractivity contribution < 1.29 is 29.0 Å². The van der Waals surface area contributed by atoms with Gasteiger partial charge in [-0.2, -0.15) is 10.2 Å². The van der Waals surface area contributed by atoms with Crippen molar-refractivity contribution in [3.8, 4) is 5.75 Å². The van der Waals surface area contributed by atoms with Crippen LogP contribution in [0.25, 0.3) is 22.2 Å². The number of aryl methyl sites for hydroxylation is 4. The molecule has 6 rings (SSSR count). The van der Waals surface area contributed by atoms with Crippen LogP contribution in [0, 0.1) is 13.8 Å². The van der Waals surface area contributed by atoms with Crippen LogP contribution in [0.3, 0.4) is 0 Å². The van der Waals surface area contributed by atoms with E-state index in [4.69, 9.17) is 21.9 Å². The van der Waals surface area contributed by atoms with Gasteiger partial charge in [-0.15, -0.1) is 0 Å². The van der Waals surface area contributed by atoms with Crippen molar-refractivity contribution in [3.05, 3.63) is 76.5 Å². The molecule has 292 valence electrons. The van der Waals surface area contributed by atoms with Crippen LogP contribution in [0.2, 0.25) is 0 Å². The summed E-state index contributed by atoms with van der Waals surface area (Å²) in [6.07, 6.45) is 5.22. The average molecular weight is 767 g/mol. The van der Waals surface area contributed by atoms with Gasteiger partial charge >= 0.3 is 0 Å². The predicted molar refractivity (Wildman–Crippen MR) is 206 cm³/mol. The molecule has 20 nitrogen and oxygen atoms in total. The number of allylic oxidation sites excluding steroid dienone is 2. The van der Waals surface area contributed by atoms with Gasteiger partial charge in [-0.25, -0.2) is 15.0 Å². The molecular formula is C36H42N14O6. The summed E-state index contributed by atoms with van der Waals surface area (Å²) in [5.41, 5.74) is 21.0. The van der Waals surface area contributed by atoms with Crippen molar-refractivity contribution in [2.75, 3.05) is 29.6 Å². The SMILES string of the molecule is CCn1nc(C)cc1C(=O)Nc1nc2cc(C(N)=O)cnc2n1C/C=C/Cn1c(NC(=O)c2c(N)c(C)nn2CC)nc2cc(C(N)=O)cc(OCCCO)c21. The number of nitrogens with zero attached hydrogens (tertiary/aromatic N) is 9. The number of amides is 4. The summed E-state index contributed by atoms with van der Waals surface area (Å²) in [5.74, 6) is -1.89. The Kier molecular flexibility index (Phi) is 11.1. The third kappa shape index (κ3) is 7.62. The van der Waals surface area contributed by atoms with E-state index in [0.717, 1.165) is 0 Å². The first-order valence-electron chi connectivity index (χ1n) is 17.7. The Hall–Kier alpha value is -7.09. The molecule has 0 radical (unpaired) electrons. The quantitative estimate of drug-likeness (QED) is 0.0610. The molecule has 0 saturated carbocycles. The highest BCUT2D eigenvalue weighted by Crippen LogP contribution is 2.32. The smallest absolute Gasteiger partial charge is 0.278 e. The summed E-state index contributed by atoms with van der Waals surface area (Å²) in [6, 6.07) is 6.13. The van der Waals surface area contributed by atoms with Gasteiger partial charge in [-0.3, -0.25) is 43.7 Å². The van der Waals surface area contributed by atoms with Gasteiger partial charge in [0.2, 0.25) is 23.7 Å². The number of anilines is 3. The van der Waals surface area contributed by atoms with Gasteiger partial charge in [0.05, 0.1) is 34.8 Å². The Morgan fingerprint density at radius 3 is 2.16 bits per heavy atom. The molecule has 4 amide bonds. The molecule has 0 saturated heterocycles. The van der Waals surface area contributed by atoms with E-state index in [1.807, 2.05) is 13.8 Å². The topological polar surface area (TPSA) is 284 Å². The maximum atomic E-state index is 13.7. The normalized spacial score (nSPS) is 11.5. The fourth-order valence-electron chi connectivity index (χ4n) is 6.14. The minimum atomic E-state index is -0.713. The molecule has 0 bridgehead atoms. The lowest BCUT2D eigenvalue weighted by molar-refractivity contribution is 0.0991. The lowest BCUT2D eigenvalue weighted by atomic mass is 10.1. The number of hydrogen-bond donors (Lipinski definition) is 6. The molecule has 0 spiro atoms. The highest BCUT2D eigenvalue weighted by molar-refractivity contribution is 6.07. The molecule has 0 aliphatic rings. The molecule has 0 aliphatic heterocycles. The summed E-state index contributed by atoms with van der Waals surface area (Å²) >= 11 is 0. The Labute approximate surface area is 319 Å². The summed E-state index contributed by atoms with van der Waals surface area (Å²) in [5, 5.41) is 23.8. The number of primary amides is 2. The first-order valence-corrected chi connectivity index (χ1v) is 17.7. The van der Waals surface area contributed by atoms with Crippen LogP contribution in [-0.2, 0) is 26.2 Å². The third-order valence-corrected chi connectivity index (χ3v) is 8.84. The lowest BCUT2D eigenvalue weighted by Crippen LogP contribution is -2.21. The van der Waals surface area contributed by atoms with Crippen molar-refractivity contribution in [2.45, 2.75) is 60.3 Å². The summed E-state index contributed by atoms with van der Waals surface area (Å²) in [7, 11) is 0. The third-order valence-electron chi connectivity index (χ3n) is 8.84. The van der Waals surface area contributed by atoms with E-state index in [2.05, 4.69) is 35.8 Å². The Morgan fingerprint density at radius 2 is 1.48 bits per heavy atom. The van der Waals surface area contributed by atoms with Crippen molar-refractivity contribution in [3.63, 3.8) is 0 Å². The largest absolute Gasteiger partial charge is 0.491 e. The first-order chi connectivity index (χ1) is 26.8. The molecule has 0 aliphatic carbocycles. The zero-order valence-corrected chi connectivity index (χ0v) is 31.2. The Morgan fingerprint density at radius 1 is 0.839 bits per heavy atom. The van der Waals surface area contributed by atoms with Gasteiger partial charge in [0.15, 0.2) is 5.65 Å². The van der Waals surface area contributed by atoms with E-state index in [-0.39, 0.29) is 66.5 Å². The van der Waals surface area contributed by atoms with Crippen LogP contribution >= 0.6 is 0 Å². The van der Waals surface area contributed by atoms with E-state index in [0.29, 0.717) is 58.8 Å². The highest BCUT2D eigenvalue weighted by atomic mass is 16.5. The van der Waals surface area contributed by atoms with E-state index in [1.165, 1.54) is 29.1 Å². The van der Waals surface area contributed by atoms with Crippen LogP contribution in [0.1, 0.15) is 73.3 Å². The second-order valence-corrected chi connectivity index (χ2v) is 12.7. The predicted octanol–water partition coefficient (Wildman–Crippen LogP) is 2.13.